The molecule has 0 saturated heterocycles. The van der Waals surface area contributed by atoms with Gasteiger partial charge < -0.3 is 13.3 Å². The Kier molecular flexibility index (Phi) is 14.0. The molecule has 0 aliphatic rings. The van der Waals surface area contributed by atoms with Crippen LogP contribution in [-0.4, -0.2) is 49.1 Å². The minimum atomic E-state index is -3.22. The molecule has 0 N–H and O–H groups in total. The summed E-state index contributed by atoms with van der Waals surface area (Å²) in [5, 5.41) is 1.58. The zero-order valence-electron chi connectivity index (χ0n) is 32.8. The minimum absolute atomic E-state index is 0.216. The molecule has 0 bridgehead atoms. The second-order valence-corrected chi connectivity index (χ2v) is 32.3. The van der Waals surface area contributed by atoms with Crippen molar-refractivity contribution >= 4 is 43.4 Å². The van der Waals surface area contributed by atoms with E-state index in [9.17, 15) is 0 Å². The van der Waals surface area contributed by atoms with Crippen molar-refractivity contribution < 1.29 is 13.3 Å². The van der Waals surface area contributed by atoms with Gasteiger partial charge in [-0.1, -0.05) is 134 Å². The standard InChI is InChI=1S/C40H70O3Si4/c1-17-37(9,46(15,16)41-38(10,18-2)44(11,12)23-7)39(19-3,20-4)42-47(35-31-27-25-28-32-35,36-33-29-26-30-34-36)40(21-5,22-6)43-45(13,14)24-8/h23-34H,7-8,17-22H2,1-6,9-16H3. The van der Waals surface area contributed by atoms with Crippen LogP contribution in [0.2, 0.25) is 44.3 Å². The van der Waals surface area contributed by atoms with Crippen LogP contribution in [0.4, 0.5) is 0 Å². The summed E-state index contributed by atoms with van der Waals surface area (Å²) in [6.45, 7) is 41.7. The average Bonchev–Trinajstić information content (AvgIpc) is 3.08. The van der Waals surface area contributed by atoms with Gasteiger partial charge in [-0.15, -0.1) is 13.2 Å². The van der Waals surface area contributed by atoms with E-state index in [2.05, 4.69) is 180 Å². The van der Waals surface area contributed by atoms with Crippen LogP contribution in [0, 0.1) is 0 Å². The van der Waals surface area contributed by atoms with E-state index in [0.717, 1.165) is 38.5 Å². The van der Waals surface area contributed by atoms with Crippen LogP contribution in [-0.2, 0) is 13.3 Å². The molecule has 47 heavy (non-hydrogen) atoms. The topological polar surface area (TPSA) is 27.7 Å². The molecule has 264 valence electrons. The van der Waals surface area contributed by atoms with Crippen LogP contribution >= 0.6 is 0 Å². The van der Waals surface area contributed by atoms with Crippen LogP contribution < -0.4 is 10.4 Å². The lowest BCUT2D eigenvalue weighted by Crippen LogP contribution is -2.80. The molecule has 0 aliphatic heterocycles. The fraction of sp³-hybridized carbons (Fsp3) is 0.600. The maximum absolute atomic E-state index is 8.48. The third-order valence-electron chi connectivity index (χ3n) is 12.7. The van der Waals surface area contributed by atoms with Crippen molar-refractivity contribution in [1.29, 1.82) is 0 Å². The van der Waals surface area contributed by atoms with Gasteiger partial charge in [-0.05, 0) is 82.0 Å². The van der Waals surface area contributed by atoms with Gasteiger partial charge in [0, 0.05) is 10.3 Å². The van der Waals surface area contributed by atoms with E-state index in [1.165, 1.54) is 10.4 Å². The Hall–Kier alpha value is -1.33. The summed E-state index contributed by atoms with van der Waals surface area (Å²) in [5.41, 5.74) is 3.84. The first kappa shape index (κ1) is 41.8. The Morgan fingerprint density at radius 1 is 0.574 bits per heavy atom. The van der Waals surface area contributed by atoms with Crippen molar-refractivity contribution in [2.75, 3.05) is 0 Å². The quantitative estimate of drug-likeness (QED) is 0.128. The van der Waals surface area contributed by atoms with Gasteiger partial charge in [0.1, 0.15) is 8.07 Å². The Labute approximate surface area is 295 Å². The highest BCUT2D eigenvalue weighted by Gasteiger charge is 2.66. The summed E-state index contributed by atoms with van der Waals surface area (Å²) < 4.78 is 23.8. The average molecular weight is 711 g/mol. The van der Waals surface area contributed by atoms with E-state index >= 15 is 0 Å². The van der Waals surface area contributed by atoms with Gasteiger partial charge in [0.2, 0.25) is 8.32 Å². The zero-order chi connectivity index (χ0) is 36.0. The Morgan fingerprint density at radius 3 is 1.34 bits per heavy atom. The van der Waals surface area contributed by atoms with E-state index < -0.39 is 43.9 Å². The van der Waals surface area contributed by atoms with Gasteiger partial charge in [0.05, 0.1) is 10.8 Å². The first-order valence-electron chi connectivity index (χ1n) is 18.3. The van der Waals surface area contributed by atoms with Gasteiger partial charge in [-0.3, -0.25) is 0 Å². The molecule has 2 aromatic carbocycles. The highest BCUT2D eigenvalue weighted by atomic mass is 28.4. The lowest BCUT2D eigenvalue weighted by molar-refractivity contribution is -0.0270. The molecule has 0 heterocycles. The molecular formula is C40H70O3Si4. The SMILES string of the molecule is C=C[Si](C)(C)OC(CC)(CC)[Si](OC(CC)(CC)C(C)(CC)[Si](C)(C)OC(C)(CC)[Si](C)(C)C=C)(c1ccccc1)c1ccccc1. The Morgan fingerprint density at radius 2 is 1.02 bits per heavy atom. The molecule has 0 amide bonds. The number of rotatable bonds is 20. The number of benzene rings is 2. The molecule has 0 fully saturated rings. The number of hydrogen-bond donors (Lipinski definition) is 0. The first-order valence-corrected chi connectivity index (χ1v) is 29.2. The Bertz CT molecular complexity index is 1250. The molecule has 2 rings (SSSR count). The van der Waals surface area contributed by atoms with Crippen LogP contribution in [0.1, 0.15) is 93.9 Å². The molecule has 0 spiro atoms. The Balaban J connectivity index is 3.15. The maximum atomic E-state index is 8.48. The highest BCUT2D eigenvalue weighted by Crippen LogP contribution is 2.59. The van der Waals surface area contributed by atoms with Gasteiger partial charge in [0.25, 0.3) is 8.32 Å². The van der Waals surface area contributed by atoms with Crippen molar-refractivity contribution in [3.05, 3.63) is 85.2 Å². The zero-order valence-corrected chi connectivity index (χ0v) is 36.8. The van der Waals surface area contributed by atoms with Crippen molar-refractivity contribution in [1.82, 2.24) is 0 Å². The van der Waals surface area contributed by atoms with E-state index in [4.69, 9.17) is 13.3 Å². The molecule has 0 radical (unpaired) electrons. The third-order valence-corrected chi connectivity index (χ3v) is 28.7. The summed E-state index contributed by atoms with van der Waals surface area (Å²) in [6, 6.07) is 22.3. The molecule has 7 heteroatoms. The summed E-state index contributed by atoms with van der Waals surface area (Å²) in [7, 11) is -9.94. The van der Waals surface area contributed by atoms with E-state index in [1.54, 1.807) is 0 Å². The van der Waals surface area contributed by atoms with Crippen molar-refractivity contribution in [3.8, 4) is 0 Å². The van der Waals surface area contributed by atoms with Crippen molar-refractivity contribution in [2.45, 2.75) is 154 Å². The summed E-state index contributed by atoms with van der Waals surface area (Å²) in [6.07, 6.45) is 5.41. The molecular weight excluding hydrogens is 641 g/mol. The lowest BCUT2D eigenvalue weighted by Gasteiger charge is -2.62. The number of hydrogen-bond acceptors (Lipinski definition) is 3. The van der Waals surface area contributed by atoms with Crippen LogP contribution in [0.25, 0.3) is 0 Å². The predicted octanol–water partition coefficient (Wildman–Crippen LogP) is 10.9. The maximum Gasteiger partial charge on any atom is 0.286 e. The molecule has 2 atom stereocenters. The van der Waals surface area contributed by atoms with Crippen molar-refractivity contribution in [3.63, 3.8) is 0 Å². The van der Waals surface area contributed by atoms with Crippen LogP contribution in [0.5, 0.6) is 0 Å². The lowest BCUT2D eigenvalue weighted by atomic mass is 9.81. The largest absolute Gasteiger partial charge is 0.414 e. The summed E-state index contributed by atoms with van der Waals surface area (Å²) >= 11 is 0. The monoisotopic (exact) mass is 710 g/mol. The molecule has 2 unspecified atom stereocenters. The van der Waals surface area contributed by atoms with Gasteiger partial charge in [0.15, 0.2) is 8.32 Å². The van der Waals surface area contributed by atoms with E-state index in [0.29, 0.717) is 0 Å². The molecule has 0 saturated carbocycles. The van der Waals surface area contributed by atoms with Crippen LogP contribution in [0.3, 0.4) is 0 Å². The summed E-state index contributed by atoms with van der Waals surface area (Å²) in [5.74, 6) is 0. The van der Waals surface area contributed by atoms with Gasteiger partial charge in [-0.2, -0.15) is 0 Å². The predicted molar refractivity (Wildman–Crippen MR) is 218 cm³/mol. The smallest absolute Gasteiger partial charge is 0.286 e. The van der Waals surface area contributed by atoms with Crippen LogP contribution in [0.15, 0.2) is 85.2 Å². The van der Waals surface area contributed by atoms with Gasteiger partial charge >= 0.3 is 0 Å². The molecule has 3 nitrogen and oxygen atoms in total. The normalized spacial score (nSPS) is 16.3. The molecule has 2 aromatic rings. The fourth-order valence-electron chi connectivity index (χ4n) is 8.19. The highest BCUT2D eigenvalue weighted by molar-refractivity contribution is 7.00. The third kappa shape index (κ3) is 7.42. The minimum Gasteiger partial charge on any atom is -0.414 e. The summed E-state index contributed by atoms with van der Waals surface area (Å²) in [4.78, 5) is 0. The second kappa shape index (κ2) is 15.7. The fourth-order valence-corrected chi connectivity index (χ4v) is 23.3. The van der Waals surface area contributed by atoms with E-state index in [-0.39, 0.29) is 10.3 Å². The van der Waals surface area contributed by atoms with E-state index in [1.807, 2.05) is 0 Å². The first-order chi connectivity index (χ1) is 21.8. The van der Waals surface area contributed by atoms with Gasteiger partial charge in [-0.25, -0.2) is 0 Å². The second-order valence-electron chi connectivity index (χ2n) is 15.6. The molecule has 0 aromatic heterocycles. The van der Waals surface area contributed by atoms with Crippen molar-refractivity contribution in [2.24, 2.45) is 0 Å². The molecule has 0 aliphatic carbocycles.